The van der Waals surface area contributed by atoms with Crippen LogP contribution in [-0.4, -0.2) is 38.5 Å². The van der Waals surface area contributed by atoms with E-state index in [0.717, 1.165) is 22.7 Å². The molecule has 0 unspecified atom stereocenters. The average Bonchev–Trinajstić information content (AvgIpc) is 3.38. The van der Waals surface area contributed by atoms with E-state index in [2.05, 4.69) is 25.6 Å². The van der Waals surface area contributed by atoms with E-state index in [0.29, 0.717) is 12.2 Å². The van der Waals surface area contributed by atoms with Gasteiger partial charge in [0.05, 0.1) is 6.04 Å². The Morgan fingerprint density at radius 3 is 2.55 bits per heavy atom. The summed E-state index contributed by atoms with van der Waals surface area (Å²) < 4.78 is 48.8. The summed E-state index contributed by atoms with van der Waals surface area (Å²) in [5.41, 5.74) is 6.24. The van der Waals surface area contributed by atoms with Crippen LogP contribution in [0.2, 0.25) is 0 Å². The molecule has 1 saturated heterocycles. The number of nitrogens with two attached hydrogens (primary N) is 1. The minimum atomic E-state index is -4.87. The molecule has 12 heteroatoms. The number of alkyl halides is 3. The van der Waals surface area contributed by atoms with Crippen LogP contribution in [0.25, 0.3) is 5.69 Å². The third-order valence-electron chi connectivity index (χ3n) is 4.74. The lowest BCUT2D eigenvalue weighted by Crippen LogP contribution is -2.37. The number of carbonyl (C=O) groups is 1. The summed E-state index contributed by atoms with van der Waals surface area (Å²) in [7, 11) is 0. The van der Waals surface area contributed by atoms with Crippen LogP contribution in [0.1, 0.15) is 24.4 Å². The second-order valence-corrected chi connectivity index (χ2v) is 6.81. The van der Waals surface area contributed by atoms with Gasteiger partial charge in [0.1, 0.15) is 11.4 Å². The number of amides is 1. The number of tetrazole rings is 1. The van der Waals surface area contributed by atoms with Crippen molar-refractivity contribution in [2.45, 2.75) is 31.3 Å². The van der Waals surface area contributed by atoms with E-state index >= 15 is 0 Å². The van der Waals surface area contributed by atoms with Crippen LogP contribution >= 0.6 is 0 Å². The molecule has 31 heavy (non-hydrogen) atoms. The number of primary amides is 1. The first kappa shape index (κ1) is 20.6. The molecule has 3 N–H and O–H groups in total. The van der Waals surface area contributed by atoms with E-state index < -0.39 is 12.1 Å². The van der Waals surface area contributed by atoms with Crippen molar-refractivity contribution in [3.8, 4) is 23.2 Å². The minimum absolute atomic E-state index is 0.0109. The minimum Gasteiger partial charge on any atom is -0.423 e. The van der Waals surface area contributed by atoms with Gasteiger partial charge in [-0.05, 0) is 53.1 Å². The molecule has 1 fully saturated rings. The topological polar surface area (TPSA) is 117 Å². The van der Waals surface area contributed by atoms with Crippen molar-refractivity contribution in [2.75, 3.05) is 0 Å². The maximum atomic E-state index is 12.7. The largest absolute Gasteiger partial charge is 0.573 e. The van der Waals surface area contributed by atoms with E-state index in [-0.39, 0.29) is 29.7 Å². The number of aromatic nitrogens is 4. The lowest BCUT2D eigenvalue weighted by molar-refractivity contribution is -0.274. The van der Waals surface area contributed by atoms with E-state index in [1.807, 2.05) is 12.1 Å². The summed E-state index contributed by atoms with van der Waals surface area (Å²) in [5.74, 6) is -0.485. The van der Waals surface area contributed by atoms with Crippen LogP contribution < -0.4 is 20.5 Å². The molecule has 0 aliphatic carbocycles. The summed E-state index contributed by atoms with van der Waals surface area (Å²) in [4.78, 5) is 11.3. The van der Waals surface area contributed by atoms with Crippen LogP contribution in [0.5, 0.6) is 17.5 Å². The van der Waals surface area contributed by atoms with Crippen LogP contribution in [0, 0.1) is 0 Å². The van der Waals surface area contributed by atoms with Crippen LogP contribution in [0.3, 0.4) is 0 Å². The van der Waals surface area contributed by atoms with Gasteiger partial charge in [-0.3, -0.25) is 10.1 Å². The molecule has 4 rings (SSSR count). The molecule has 3 aromatic rings. The molecule has 162 valence electrons. The molecule has 0 spiro atoms. The number of hydrogen-bond donors (Lipinski definition) is 2. The molecule has 2 atom stereocenters. The molecular formula is C19H17F3N6O3. The van der Waals surface area contributed by atoms with Gasteiger partial charge in [-0.2, -0.15) is 4.68 Å². The lowest BCUT2D eigenvalue weighted by Gasteiger charge is -2.14. The highest BCUT2D eigenvalue weighted by Gasteiger charge is 2.33. The Bertz CT molecular complexity index is 1070. The van der Waals surface area contributed by atoms with E-state index in [1.165, 1.54) is 18.2 Å². The standard InChI is InChI=1S/C19H17F3N6O3/c20-19(21,22)31-16-4-2-1-3-15(16)28-18(25-26-27-28)30-12-7-5-11(6-8-12)13-9-10-14(24-13)17(23)29/h1-8,13-14,24H,9-10H2,(H2,23,29)/t13-,14+/m1/s1. The van der Waals surface area contributed by atoms with E-state index in [1.54, 1.807) is 12.1 Å². The van der Waals surface area contributed by atoms with Crippen LogP contribution in [-0.2, 0) is 4.79 Å². The van der Waals surface area contributed by atoms with Gasteiger partial charge in [0.25, 0.3) is 0 Å². The van der Waals surface area contributed by atoms with Gasteiger partial charge >= 0.3 is 12.4 Å². The number of carbonyl (C=O) groups excluding carboxylic acids is 1. The molecule has 0 radical (unpaired) electrons. The number of halogens is 3. The molecule has 1 aliphatic heterocycles. The van der Waals surface area contributed by atoms with Gasteiger partial charge in [-0.1, -0.05) is 29.4 Å². The number of hydrogen-bond acceptors (Lipinski definition) is 7. The average molecular weight is 434 g/mol. The Labute approximate surface area is 173 Å². The number of para-hydroxylation sites is 2. The quantitative estimate of drug-likeness (QED) is 0.612. The number of ether oxygens (including phenoxy) is 2. The van der Waals surface area contributed by atoms with Gasteiger partial charge in [0.2, 0.25) is 5.91 Å². The first-order chi connectivity index (χ1) is 14.8. The normalized spacial score (nSPS) is 18.7. The fraction of sp³-hybridized carbons (Fsp3) is 0.263. The summed E-state index contributed by atoms with van der Waals surface area (Å²) in [6.07, 6.45) is -3.45. The monoisotopic (exact) mass is 434 g/mol. The molecule has 9 nitrogen and oxygen atoms in total. The van der Waals surface area contributed by atoms with Gasteiger partial charge in [-0.15, -0.1) is 13.2 Å². The Kier molecular flexibility index (Phi) is 5.46. The maximum Gasteiger partial charge on any atom is 0.573 e. The zero-order valence-electron chi connectivity index (χ0n) is 15.9. The van der Waals surface area contributed by atoms with Gasteiger partial charge in [0.15, 0.2) is 5.75 Å². The first-order valence-electron chi connectivity index (χ1n) is 9.27. The summed E-state index contributed by atoms with van der Waals surface area (Å²) in [5, 5.41) is 14.1. The highest BCUT2D eigenvalue weighted by atomic mass is 19.4. The summed E-state index contributed by atoms with van der Waals surface area (Å²) in [6.45, 7) is 0. The first-order valence-corrected chi connectivity index (χ1v) is 9.27. The Balaban J connectivity index is 1.52. The van der Waals surface area contributed by atoms with Gasteiger partial charge < -0.3 is 15.2 Å². The van der Waals surface area contributed by atoms with Crippen molar-refractivity contribution in [3.63, 3.8) is 0 Å². The number of nitrogens with zero attached hydrogens (tertiary/aromatic N) is 4. The Hall–Kier alpha value is -3.67. The van der Waals surface area contributed by atoms with Gasteiger partial charge in [-0.25, -0.2) is 0 Å². The predicted molar refractivity (Wildman–Crippen MR) is 100 cm³/mol. The molecule has 1 aliphatic rings. The summed E-state index contributed by atoms with van der Waals surface area (Å²) >= 11 is 0. The predicted octanol–water partition coefficient (Wildman–Crippen LogP) is 2.63. The zero-order valence-corrected chi connectivity index (χ0v) is 15.9. The highest BCUT2D eigenvalue weighted by molar-refractivity contribution is 5.80. The van der Waals surface area contributed by atoms with Crippen molar-refractivity contribution >= 4 is 5.91 Å². The van der Waals surface area contributed by atoms with Crippen molar-refractivity contribution < 1.29 is 27.4 Å². The van der Waals surface area contributed by atoms with Crippen molar-refractivity contribution in [2.24, 2.45) is 5.73 Å². The maximum absolute atomic E-state index is 12.7. The molecule has 0 bridgehead atoms. The zero-order chi connectivity index (χ0) is 22.0. The SMILES string of the molecule is NC(=O)[C@@H]1CC[C@H](c2ccc(Oc3nnnn3-c3ccccc3OC(F)(F)F)cc2)N1. The molecule has 1 aromatic heterocycles. The Morgan fingerprint density at radius 1 is 1.13 bits per heavy atom. The number of rotatable bonds is 6. The van der Waals surface area contributed by atoms with E-state index in [9.17, 15) is 18.0 Å². The summed E-state index contributed by atoms with van der Waals surface area (Å²) in [6, 6.07) is 11.9. The fourth-order valence-electron chi connectivity index (χ4n) is 3.34. The van der Waals surface area contributed by atoms with Crippen LogP contribution in [0.15, 0.2) is 48.5 Å². The second kappa shape index (κ2) is 8.22. The third kappa shape index (κ3) is 4.74. The Morgan fingerprint density at radius 2 is 1.87 bits per heavy atom. The van der Waals surface area contributed by atoms with E-state index in [4.69, 9.17) is 10.5 Å². The molecule has 1 amide bonds. The second-order valence-electron chi connectivity index (χ2n) is 6.81. The lowest BCUT2D eigenvalue weighted by atomic mass is 10.1. The van der Waals surface area contributed by atoms with Crippen molar-refractivity contribution in [3.05, 3.63) is 54.1 Å². The fourth-order valence-corrected chi connectivity index (χ4v) is 3.34. The van der Waals surface area contributed by atoms with Crippen molar-refractivity contribution in [1.82, 2.24) is 25.5 Å². The van der Waals surface area contributed by atoms with Crippen LogP contribution in [0.4, 0.5) is 13.2 Å². The molecule has 0 saturated carbocycles. The number of nitrogens with one attached hydrogen (secondary N) is 1. The van der Waals surface area contributed by atoms with Crippen molar-refractivity contribution in [1.29, 1.82) is 0 Å². The highest BCUT2D eigenvalue weighted by Crippen LogP contribution is 2.32. The smallest absolute Gasteiger partial charge is 0.423 e. The molecule has 2 aromatic carbocycles. The van der Waals surface area contributed by atoms with Gasteiger partial charge in [0, 0.05) is 6.04 Å². The molecule has 2 heterocycles. The third-order valence-corrected chi connectivity index (χ3v) is 4.74. The molecular weight excluding hydrogens is 417 g/mol. The number of benzene rings is 2.